The first kappa shape index (κ1) is 14.7. The summed E-state index contributed by atoms with van der Waals surface area (Å²) in [6.07, 6.45) is 5.21. The normalized spacial score (nSPS) is 12.6. The highest BCUT2D eigenvalue weighted by Gasteiger charge is 2.11. The molecule has 0 spiro atoms. The van der Waals surface area contributed by atoms with Crippen LogP contribution < -0.4 is 5.32 Å². The van der Waals surface area contributed by atoms with Crippen LogP contribution >= 0.6 is 0 Å². The topological polar surface area (TPSA) is 40.7 Å². The highest BCUT2D eigenvalue weighted by atomic mass is 19.1. The Labute approximate surface area is 119 Å². The molecule has 1 heterocycles. The fourth-order valence-corrected chi connectivity index (χ4v) is 2.28. The molecule has 0 aliphatic heterocycles. The van der Waals surface area contributed by atoms with Crippen molar-refractivity contribution in [2.45, 2.75) is 45.7 Å². The third kappa shape index (κ3) is 3.90. The number of benzene rings is 1. The van der Waals surface area contributed by atoms with Crippen molar-refractivity contribution in [3.05, 3.63) is 53.1 Å². The zero-order valence-corrected chi connectivity index (χ0v) is 12.1. The van der Waals surface area contributed by atoms with E-state index >= 15 is 0 Å². The van der Waals surface area contributed by atoms with Crippen LogP contribution in [0.25, 0.3) is 0 Å². The van der Waals surface area contributed by atoms with Crippen molar-refractivity contribution >= 4 is 0 Å². The Morgan fingerprint density at radius 3 is 2.65 bits per heavy atom. The molecule has 0 amide bonds. The summed E-state index contributed by atoms with van der Waals surface area (Å²) in [6.45, 7) is 4.97. The molecule has 3 nitrogen and oxygen atoms in total. The first-order valence-corrected chi connectivity index (χ1v) is 7.18. The van der Waals surface area contributed by atoms with E-state index in [9.17, 15) is 4.39 Å². The number of unbranched alkanes of at least 4 members (excludes halogenated alkanes) is 1. The molecule has 1 atom stereocenters. The summed E-state index contributed by atoms with van der Waals surface area (Å²) in [6, 6.07) is 7.04. The maximum absolute atomic E-state index is 13.0. The highest BCUT2D eigenvalue weighted by molar-refractivity contribution is 5.21. The third-order valence-corrected chi connectivity index (χ3v) is 3.59. The minimum atomic E-state index is -0.186. The molecule has 0 aliphatic carbocycles. The van der Waals surface area contributed by atoms with Crippen molar-refractivity contribution in [2.75, 3.05) is 0 Å². The maximum atomic E-state index is 13.0. The SMILES string of the molecule is CCCCC(NCc1cn[nH]c1C)c1ccc(F)cc1. The van der Waals surface area contributed by atoms with Crippen LogP contribution in [0.2, 0.25) is 0 Å². The Balaban J connectivity index is 2.03. The molecule has 2 N–H and O–H groups in total. The maximum Gasteiger partial charge on any atom is 0.123 e. The second-order valence-electron chi connectivity index (χ2n) is 5.15. The summed E-state index contributed by atoms with van der Waals surface area (Å²) in [5.41, 5.74) is 3.40. The van der Waals surface area contributed by atoms with Crippen molar-refractivity contribution in [2.24, 2.45) is 0 Å². The van der Waals surface area contributed by atoms with Crippen molar-refractivity contribution in [3.8, 4) is 0 Å². The van der Waals surface area contributed by atoms with Crippen LogP contribution in [-0.2, 0) is 6.54 Å². The third-order valence-electron chi connectivity index (χ3n) is 3.59. The van der Waals surface area contributed by atoms with E-state index in [1.165, 1.54) is 17.7 Å². The molecule has 108 valence electrons. The molecule has 0 saturated heterocycles. The minimum Gasteiger partial charge on any atom is -0.306 e. The van der Waals surface area contributed by atoms with Gasteiger partial charge in [-0.15, -0.1) is 0 Å². The van der Waals surface area contributed by atoms with Gasteiger partial charge in [0.1, 0.15) is 5.82 Å². The molecule has 1 aromatic heterocycles. The van der Waals surface area contributed by atoms with E-state index in [4.69, 9.17) is 0 Å². The van der Waals surface area contributed by atoms with Gasteiger partial charge in [0.2, 0.25) is 0 Å². The zero-order valence-electron chi connectivity index (χ0n) is 12.1. The summed E-state index contributed by atoms with van der Waals surface area (Å²) >= 11 is 0. The first-order valence-electron chi connectivity index (χ1n) is 7.18. The van der Waals surface area contributed by atoms with E-state index in [2.05, 4.69) is 22.4 Å². The lowest BCUT2D eigenvalue weighted by molar-refractivity contribution is 0.479. The van der Waals surface area contributed by atoms with Crippen LogP contribution in [0.1, 0.15) is 49.0 Å². The van der Waals surface area contributed by atoms with Gasteiger partial charge < -0.3 is 5.32 Å². The molecule has 20 heavy (non-hydrogen) atoms. The van der Waals surface area contributed by atoms with Crippen LogP contribution in [0.3, 0.4) is 0 Å². The molecule has 2 rings (SSSR count). The van der Waals surface area contributed by atoms with Gasteiger partial charge in [0, 0.05) is 23.8 Å². The van der Waals surface area contributed by atoms with Crippen molar-refractivity contribution in [3.63, 3.8) is 0 Å². The van der Waals surface area contributed by atoms with E-state index in [1.54, 1.807) is 0 Å². The van der Waals surface area contributed by atoms with Crippen LogP contribution in [0.5, 0.6) is 0 Å². The highest BCUT2D eigenvalue weighted by Crippen LogP contribution is 2.20. The quantitative estimate of drug-likeness (QED) is 0.805. The molecule has 2 aromatic rings. The Kier molecular flexibility index (Phi) is 5.30. The predicted molar refractivity (Wildman–Crippen MR) is 78.8 cm³/mol. The van der Waals surface area contributed by atoms with Gasteiger partial charge in [-0.25, -0.2) is 4.39 Å². The van der Waals surface area contributed by atoms with Crippen LogP contribution in [0, 0.1) is 12.7 Å². The molecule has 0 radical (unpaired) electrons. The van der Waals surface area contributed by atoms with Gasteiger partial charge >= 0.3 is 0 Å². The second kappa shape index (κ2) is 7.20. The number of aryl methyl sites for hydroxylation is 1. The van der Waals surface area contributed by atoms with Crippen LogP contribution in [-0.4, -0.2) is 10.2 Å². The number of rotatable bonds is 7. The standard InChI is InChI=1S/C16H22FN3/c1-3-4-5-16(13-6-8-15(17)9-7-13)18-10-14-11-19-20-12(14)2/h6-9,11,16,18H,3-5,10H2,1-2H3,(H,19,20). The fraction of sp³-hybridized carbons (Fsp3) is 0.438. The monoisotopic (exact) mass is 275 g/mol. The summed E-state index contributed by atoms with van der Waals surface area (Å²) in [7, 11) is 0. The van der Waals surface area contributed by atoms with Gasteiger partial charge in [-0.2, -0.15) is 5.10 Å². The Morgan fingerprint density at radius 2 is 2.05 bits per heavy atom. The van der Waals surface area contributed by atoms with E-state index in [0.717, 1.165) is 37.1 Å². The number of nitrogens with one attached hydrogen (secondary N) is 2. The first-order chi connectivity index (χ1) is 9.70. The lowest BCUT2D eigenvalue weighted by atomic mass is 10.0. The number of hydrogen-bond donors (Lipinski definition) is 2. The molecule has 0 bridgehead atoms. The van der Waals surface area contributed by atoms with Crippen molar-refractivity contribution < 1.29 is 4.39 Å². The molecule has 0 saturated carbocycles. The zero-order chi connectivity index (χ0) is 14.4. The van der Waals surface area contributed by atoms with Gasteiger partial charge in [0.15, 0.2) is 0 Å². The average molecular weight is 275 g/mol. The largest absolute Gasteiger partial charge is 0.306 e. The van der Waals surface area contributed by atoms with E-state index in [1.807, 2.05) is 25.3 Å². The van der Waals surface area contributed by atoms with Crippen LogP contribution in [0.15, 0.2) is 30.5 Å². The molecule has 4 heteroatoms. The summed E-state index contributed by atoms with van der Waals surface area (Å²) in [5.74, 6) is -0.186. The number of aromatic amines is 1. The Bertz CT molecular complexity index is 519. The van der Waals surface area contributed by atoms with Crippen LogP contribution in [0.4, 0.5) is 4.39 Å². The number of aromatic nitrogens is 2. The number of hydrogen-bond acceptors (Lipinski definition) is 2. The van der Waals surface area contributed by atoms with Gasteiger partial charge in [-0.05, 0) is 31.0 Å². The Morgan fingerprint density at radius 1 is 1.30 bits per heavy atom. The average Bonchev–Trinajstić information content (AvgIpc) is 2.86. The van der Waals surface area contributed by atoms with Gasteiger partial charge in [-0.1, -0.05) is 31.9 Å². The van der Waals surface area contributed by atoms with E-state index in [-0.39, 0.29) is 11.9 Å². The molecule has 0 aliphatic rings. The summed E-state index contributed by atoms with van der Waals surface area (Å²) in [4.78, 5) is 0. The van der Waals surface area contributed by atoms with Gasteiger partial charge in [0.05, 0.1) is 6.20 Å². The van der Waals surface area contributed by atoms with Crippen molar-refractivity contribution in [1.29, 1.82) is 0 Å². The molecule has 1 unspecified atom stereocenters. The van der Waals surface area contributed by atoms with Crippen molar-refractivity contribution in [1.82, 2.24) is 15.5 Å². The second-order valence-corrected chi connectivity index (χ2v) is 5.15. The van der Waals surface area contributed by atoms with E-state index in [0.29, 0.717) is 0 Å². The molecule has 0 fully saturated rings. The lowest BCUT2D eigenvalue weighted by Crippen LogP contribution is -2.21. The predicted octanol–water partition coefficient (Wildman–Crippen LogP) is 3.88. The molecule has 1 aromatic carbocycles. The number of H-pyrrole nitrogens is 1. The Hall–Kier alpha value is -1.68. The number of nitrogens with zero attached hydrogens (tertiary/aromatic N) is 1. The summed E-state index contributed by atoms with van der Waals surface area (Å²) in [5, 5.41) is 10.5. The van der Waals surface area contributed by atoms with E-state index < -0.39 is 0 Å². The summed E-state index contributed by atoms with van der Waals surface area (Å²) < 4.78 is 13.0. The smallest absolute Gasteiger partial charge is 0.123 e. The molecular formula is C16H22FN3. The van der Waals surface area contributed by atoms with Gasteiger partial charge in [0.25, 0.3) is 0 Å². The number of halogens is 1. The minimum absolute atomic E-state index is 0.186. The van der Waals surface area contributed by atoms with Gasteiger partial charge in [-0.3, -0.25) is 5.10 Å². The fourth-order valence-electron chi connectivity index (χ4n) is 2.28. The molecular weight excluding hydrogens is 253 g/mol. The lowest BCUT2D eigenvalue weighted by Gasteiger charge is -2.19.